The topological polar surface area (TPSA) is 32.7 Å². The Kier molecular flexibility index (Phi) is 6.07. The number of likely N-dealkylation sites (tertiary alicyclic amines) is 1. The molecule has 1 aromatic carbocycles. The van der Waals surface area contributed by atoms with Gasteiger partial charge in [-0.05, 0) is 56.5 Å². The van der Waals surface area contributed by atoms with Crippen LogP contribution in [0.1, 0.15) is 56.8 Å². The van der Waals surface area contributed by atoms with E-state index in [9.17, 15) is 5.11 Å². The first-order valence-electron chi connectivity index (χ1n) is 8.21. The van der Waals surface area contributed by atoms with E-state index in [2.05, 4.69) is 17.9 Å². The third-order valence-electron chi connectivity index (χ3n) is 4.58. The van der Waals surface area contributed by atoms with E-state index in [1.165, 1.54) is 44.3 Å². The molecular formula is C18H29NO2. The number of ether oxygens (including phenoxy) is 1. The van der Waals surface area contributed by atoms with E-state index >= 15 is 0 Å². The van der Waals surface area contributed by atoms with Crippen molar-refractivity contribution in [3.05, 3.63) is 29.3 Å². The van der Waals surface area contributed by atoms with E-state index in [0.29, 0.717) is 0 Å². The van der Waals surface area contributed by atoms with E-state index in [1.54, 1.807) is 7.11 Å². The number of benzene rings is 1. The Morgan fingerprint density at radius 1 is 1.33 bits per heavy atom. The van der Waals surface area contributed by atoms with E-state index in [1.807, 2.05) is 19.1 Å². The maximum Gasteiger partial charge on any atom is 0.123 e. The fourth-order valence-electron chi connectivity index (χ4n) is 3.26. The summed E-state index contributed by atoms with van der Waals surface area (Å²) in [6, 6.07) is 6.00. The van der Waals surface area contributed by atoms with Gasteiger partial charge in [0, 0.05) is 12.1 Å². The molecule has 1 aromatic rings. The van der Waals surface area contributed by atoms with Crippen molar-refractivity contribution in [2.45, 2.75) is 52.2 Å². The number of hydrogen-bond donors (Lipinski definition) is 1. The summed E-state index contributed by atoms with van der Waals surface area (Å²) in [6.07, 6.45) is 4.87. The van der Waals surface area contributed by atoms with Crippen LogP contribution in [0.25, 0.3) is 0 Å². The van der Waals surface area contributed by atoms with Gasteiger partial charge < -0.3 is 9.84 Å². The second kappa shape index (κ2) is 7.81. The quantitative estimate of drug-likeness (QED) is 0.866. The van der Waals surface area contributed by atoms with Crippen molar-refractivity contribution in [1.29, 1.82) is 0 Å². The largest absolute Gasteiger partial charge is 0.496 e. The Morgan fingerprint density at radius 3 is 2.62 bits per heavy atom. The molecule has 0 aliphatic carbocycles. The van der Waals surface area contributed by atoms with Crippen LogP contribution in [0.4, 0.5) is 0 Å². The van der Waals surface area contributed by atoms with Crippen LogP contribution in [0.3, 0.4) is 0 Å². The van der Waals surface area contributed by atoms with Crippen molar-refractivity contribution < 1.29 is 9.84 Å². The van der Waals surface area contributed by atoms with E-state index in [-0.39, 0.29) is 0 Å². The lowest BCUT2D eigenvalue weighted by molar-refractivity contribution is 0.169. The second-order valence-corrected chi connectivity index (χ2v) is 6.26. The van der Waals surface area contributed by atoms with Crippen molar-refractivity contribution in [2.24, 2.45) is 5.92 Å². The molecule has 118 valence electrons. The highest BCUT2D eigenvalue weighted by molar-refractivity contribution is 5.38. The lowest BCUT2D eigenvalue weighted by Crippen LogP contribution is -2.33. The smallest absolute Gasteiger partial charge is 0.123 e. The monoisotopic (exact) mass is 291 g/mol. The zero-order valence-corrected chi connectivity index (χ0v) is 13.6. The molecule has 0 saturated carbocycles. The minimum Gasteiger partial charge on any atom is -0.496 e. The summed E-state index contributed by atoms with van der Waals surface area (Å²) < 4.78 is 5.47. The van der Waals surface area contributed by atoms with Crippen LogP contribution >= 0.6 is 0 Å². The fourth-order valence-corrected chi connectivity index (χ4v) is 3.26. The zero-order chi connectivity index (χ0) is 15.2. The fraction of sp³-hybridized carbons (Fsp3) is 0.667. The highest BCUT2D eigenvalue weighted by Crippen LogP contribution is 2.27. The van der Waals surface area contributed by atoms with Gasteiger partial charge in [0.25, 0.3) is 0 Å². The predicted molar refractivity (Wildman–Crippen MR) is 86.5 cm³/mol. The van der Waals surface area contributed by atoms with Crippen LogP contribution in [0.5, 0.6) is 5.75 Å². The van der Waals surface area contributed by atoms with E-state index < -0.39 is 6.10 Å². The predicted octanol–water partition coefficient (Wildman–Crippen LogP) is 3.76. The summed E-state index contributed by atoms with van der Waals surface area (Å²) in [6.45, 7) is 7.35. The lowest BCUT2D eigenvalue weighted by Gasteiger charge is -2.32. The molecule has 1 unspecified atom stereocenters. The normalized spacial score (nSPS) is 18.7. The highest BCUT2D eigenvalue weighted by Gasteiger charge is 2.19. The van der Waals surface area contributed by atoms with Crippen LogP contribution in [-0.4, -0.2) is 30.2 Å². The molecule has 21 heavy (non-hydrogen) atoms. The molecule has 0 spiro atoms. The number of rotatable bonds is 6. The van der Waals surface area contributed by atoms with E-state index in [4.69, 9.17) is 4.74 Å². The minimum atomic E-state index is -0.426. The third kappa shape index (κ3) is 4.45. The van der Waals surface area contributed by atoms with Crippen molar-refractivity contribution in [1.82, 2.24) is 4.90 Å². The van der Waals surface area contributed by atoms with Crippen LogP contribution in [0, 0.1) is 5.92 Å². The zero-order valence-electron chi connectivity index (χ0n) is 13.6. The SMILES string of the molecule is CCCC1CCN(Cc2cc(C(C)O)ccc2OC)CC1. The van der Waals surface area contributed by atoms with Gasteiger partial charge in [-0.2, -0.15) is 0 Å². The van der Waals surface area contributed by atoms with Crippen LogP contribution in [0.15, 0.2) is 18.2 Å². The van der Waals surface area contributed by atoms with Gasteiger partial charge >= 0.3 is 0 Å². The number of nitrogens with zero attached hydrogens (tertiary/aromatic N) is 1. The first-order valence-corrected chi connectivity index (χ1v) is 8.21. The van der Waals surface area contributed by atoms with Crippen molar-refractivity contribution in [2.75, 3.05) is 20.2 Å². The number of methoxy groups -OCH3 is 1. The van der Waals surface area contributed by atoms with Crippen molar-refractivity contribution in [3.63, 3.8) is 0 Å². The van der Waals surface area contributed by atoms with Gasteiger partial charge in [-0.1, -0.05) is 25.8 Å². The summed E-state index contributed by atoms with van der Waals surface area (Å²) >= 11 is 0. The first kappa shape index (κ1) is 16.3. The molecule has 1 saturated heterocycles. The molecular weight excluding hydrogens is 262 g/mol. The van der Waals surface area contributed by atoms with Gasteiger partial charge in [-0.25, -0.2) is 0 Å². The second-order valence-electron chi connectivity index (χ2n) is 6.26. The van der Waals surface area contributed by atoms with Gasteiger partial charge in [-0.3, -0.25) is 4.90 Å². The molecule has 0 bridgehead atoms. The molecule has 0 aromatic heterocycles. The Hall–Kier alpha value is -1.06. The Morgan fingerprint density at radius 2 is 2.05 bits per heavy atom. The highest BCUT2D eigenvalue weighted by atomic mass is 16.5. The van der Waals surface area contributed by atoms with Crippen LogP contribution in [0.2, 0.25) is 0 Å². The van der Waals surface area contributed by atoms with Gasteiger partial charge in [0.1, 0.15) is 5.75 Å². The third-order valence-corrected chi connectivity index (χ3v) is 4.58. The minimum absolute atomic E-state index is 0.426. The Bertz CT molecular complexity index is 437. The van der Waals surface area contributed by atoms with Gasteiger partial charge in [0.15, 0.2) is 0 Å². The number of hydrogen-bond acceptors (Lipinski definition) is 3. The molecule has 1 aliphatic heterocycles. The number of piperidine rings is 1. The summed E-state index contributed by atoms with van der Waals surface area (Å²) in [7, 11) is 1.72. The Balaban J connectivity index is 2.00. The summed E-state index contributed by atoms with van der Waals surface area (Å²) in [4.78, 5) is 2.51. The maximum absolute atomic E-state index is 9.76. The molecule has 0 radical (unpaired) electrons. The summed E-state index contributed by atoms with van der Waals surface area (Å²) in [5.41, 5.74) is 2.15. The maximum atomic E-state index is 9.76. The van der Waals surface area contributed by atoms with Crippen LogP contribution < -0.4 is 4.74 Å². The van der Waals surface area contributed by atoms with Crippen molar-refractivity contribution in [3.8, 4) is 5.75 Å². The standard InChI is InChI=1S/C18H29NO2/c1-4-5-15-8-10-19(11-9-15)13-17-12-16(14(2)20)6-7-18(17)21-3/h6-7,12,14-15,20H,4-5,8-11,13H2,1-3H3. The number of aliphatic hydroxyl groups excluding tert-OH is 1. The molecule has 1 aliphatic rings. The molecule has 0 amide bonds. The molecule has 1 heterocycles. The summed E-state index contributed by atoms with van der Waals surface area (Å²) in [5.74, 6) is 1.84. The van der Waals surface area contributed by atoms with Crippen molar-refractivity contribution >= 4 is 0 Å². The van der Waals surface area contributed by atoms with Crippen LogP contribution in [-0.2, 0) is 6.54 Å². The molecule has 3 heteroatoms. The van der Waals surface area contributed by atoms with Gasteiger partial charge in [-0.15, -0.1) is 0 Å². The van der Waals surface area contributed by atoms with Gasteiger partial charge in [0.05, 0.1) is 13.2 Å². The Labute approximate surface area is 128 Å². The van der Waals surface area contributed by atoms with E-state index in [0.717, 1.165) is 23.8 Å². The molecule has 1 N–H and O–H groups in total. The molecule has 2 rings (SSSR count). The first-order chi connectivity index (χ1) is 10.1. The lowest BCUT2D eigenvalue weighted by atomic mass is 9.92. The summed E-state index contributed by atoms with van der Waals surface area (Å²) in [5, 5.41) is 9.76. The molecule has 1 fully saturated rings. The average molecular weight is 291 g/mol. The number of aliphatic hydroxyl groups is 1. The average Bonchev–Trinajstić information content (AvgIpc) is 2.49. The molecule has 1 atom stereocenters. The van der Waals surface area contributed by atoms with Gasteiger partial charge in [0.2, 0.25) is 0 Å². The molecule has 3 nitrogen and oxygen atoms in total.